The lowest BCUT2D eigenvalue weighted by atomic mass is 10.1. The minimum Gasteiger partial charge on any atom is -0.497 e. The second kappa shape index (κ2) is 7.81. The molecule has 1 aromatic heterocycles. The molecule has 0 radical (unpaired) electrons. The second-order valence-corrected chi connectivity index (χ2v) is 6.65. The van der Waals surface area contributed by atoms with Gasteiger partial charge in [0.05, 0.1) is 13.7 Å². The first-order valence-corrected chi connectivity index (χ1v) is 9.09. The van der Waals surface area contributed by atoms with Crippen molar-refractivity contribution >= 4 is 28.3 Å². The summed E-state index contributed by atoms with van der Waals surface area (Å²) in [5.74, 6) is 0.00787. The number of hydrogen-bond donors (Lipinski definition) is 1. The van der Waals surface area contributed by atoms with E-state index >= 15 is 0 Å². The van der Waals surface area contributed by atoms with E-state index in [1.807, 2.05) is 48.5 Å². The van der Waals surface area contributed by atoms with Crippen molar-refractivity contribution in [3.05, 3.63) is 76.9 Å². The van der Waals surface area contributed by atoms with Crippen molar-refractivity contribution in [2.45, 2.75) is 6.54 Å². The molecule has 1 heterocycles. The van der Waals surface area contributed by atoms with E-state index in [0.29, 0.717) is 10.8 Å². The zero-order valence-electron chi connectivity index (χ0n) is 15.4. The van der Waals surface area contributed by atoms with E-state index in [1.165, 1.54) is 4.68 Å². The van der Waals surface area contributed by atoms with Gasteiger partial charge in [0.25, 0.3) is 5.88 Å². The minimum atomic E-state index is -1.22. The van der Waals surface area contributed by atoms with E-state index in [2.05, 4.69) is 10.3 Å². The van der Waals surface area contributed by atoms with Gasteiger partial charge < -0.3 is 14.6 Å². The summed E-state index contributed by atoms with van der Waals surface area (Å²) in [6.07, 6.45) is 0. The van der Waals surface area contributed by atoms with Crippen molar-refractivity contribution in [1.82, 2.24) is 15.0 Å². The molecule has 0 saturated carbocycles. The molecule has 7 nitrogen and oxygen atoms in total. The number of carbonyl (C=O) groups is 1. The van der Waals surface area contributed by atoms with E-state index in [1.54, 1.807) is 19.2 Å². The van der Waals surface area contributed by atoms with E-state index in [9.17, 15) is 9.90 Å². The Morgan fingerprint density at radius 1 is 1.07 bits per heavy atom. The number of methoxy groups -OCH3 is 1. The van der Waals surface area contributed by atoms with Gasteiger partial charge in [-0.15, -0.1) is 5.10 Å². The first kappa shape index (κ1) is 18.8. The van der Waals surface area contributed by atoms with E-state index in [0.717, 1.165) is 22.1 Å². The number of rotatable bonds is 6. The zero-order chi connectivity index (χ0) is 20.4. The van der Waals surface area contributed by atoms with Crippen LogP contribution < -0.4 is 9.47 Å². The molecule has 0 amide bonds. The number of carboxylic acid groups (broad SMARTS) is 1. The van der Waals surface area contributed by atoms with Gasteiger partial charge in [0.1, 0.15) is 11.5 Å². The molecule has 0 saturated heterocycles. The van der Waals surface area contributed by atoms with Crippen molar-refractivity contribution in [3.8, 4) is 17.4 Å². The summed E-state index contributed by atoms with van der Waals surface area (Å²) < 4.78 is 12.6. The zero-order valence-corrected chi connectivity index (χ0v) is 16.1. The Hall–Kier alpha value is -3.58. The number of carboxylic acids is 1. The number of aromatic nitrogens is 3. The summed E-state index contributed by atoms with van der Waals surface area (Å²) in [4.78, 5) is 11.6. The van der Waals surface area contributed by atoms with Gasteiger partial charge in [0.2, 0.25) is 5.69 Å². The molecule has 0 aliphatic carbocycles. The largest absolute Gasteiger partial charge is 0.497 e. The Morgan fingerprint density at radius 2 is 1.79 bits per heavy atom. The van der Waals surface area contributed by atoms with Crippen molar-refractivity contribution in [2.24, 2.45) is 0 Å². The average Bonchev–Trinajstić information content (AvgIpc) is 3.13. The summed E-state index contributed by atoms with van der Waals surface area (Å²) in [6.45, 7) is 0.283. The Bertz CT molecular complexity index is 1190. The van der Waals surface area contributed by atoms with Gasteiger partial charge >= 0.3 is 5.97 Å². The number of benzene rings is 3. The van der Waals surface area contributed by atoms with Crippen molar-refractivity contribution in [1.29, 1.82) is 0 Å². The monoisotopic (exact) mass is 409 g/mol. The van der Waals surface area contributed by atoms with Crippen molar-refractivity contribution < 1.29 is 19.4 Å². The molecule has 0 unspecified atom stereocenters. The smallest absolute Gasteiger partial charge is 0.362 e. The summed E-state index contributed by atoms with van der Waals surface area (Å²) in [7, 11) is 1.59. The molecule has 1 N–H and O–H groups in total. The maximum absolute atomic E-state index is 11.6. The second-order valence-electron chi connectivity index (χ2n) is 6.25. The number of nitrogens with zero attached hydrogens (tertiary/aromatic N) is 3. The predicted octanol–water partition coefficient (Wildman–Crippen LogP) is 4.63. The van der Waals surface area contributed by atoms with Crippen LogP contribution in [0.5, 0.6) is 17.4 Å². The molecule has 0 bridgehead atoms. The predicted molar refractivity (Wildman–Crippen MR) is 108 cm³/mol. The fourth-order valence-electron chi connectivity index (χ4n) is 2.97. The highest BCUT2D eigenvalue weighted by atomic mass is 35.5. The lowest BCUT2D eigenvalue weighted by molar-refractivity contribution is 0.0687. The lowest BCUT2D eigenvalue weighted by Gasteiger charge is -2.12. The summed E-state index contributed by atoms with van der Waals surface area (Å²) in [6, 6.07) is 18.2. The van der Waals surface area contributed by atoms with Crippen molar-refractivity contribution in [2.75, 3.05) is 7.11 Å². The highest BCUT2D eigenvalue weighted by Gasteiger charge is 2.22. The van der Waals surface area contributed by atoms with Crippen LogP contribution in [-0.2, 0) is 6.54 Å². The van der Waals surface area contributed by atoms with Crippen molar-refractivity contribution in [3.63, 3.8) is 0 Å². The molecule has 0 fully saturated rings. The third-order valence-electron chi connectivity index (χ3n) is 4.42. The SMILES string of the molecule is COc1ccc(Cn2nnc(C(=O)O)c2Oc2ccc(Cl)c3ccccc23)cc1. The van der Waals surface area contributed by atoms with Crippen LogP contribution >= 0.6 is 11.6 Å². The van der Waals surface area contributed by atoms with Gasteiger partial charge in [-0.05, 0) is 29.8 Å². The molecule has 29 heavy (non-hydrogen) atoms. The number of aromatic carboxylic acids is 1. The molecule has 0 aliphatic rings. The van der Waals surface area contributed by atoms with Gasteiger partial charge in [-0.2, -0.15) is 0 Å². The van der Waals surface area contributed by atoms with Gasteiger partial charge in [-0.3, -0.25) is 0 Å². The first-order chi connectivity index (χ1) is 14.1. The lowest BCUT2D eigenvalue weighted by Crippen LogP contribution is -2.06. The Kier molecular flexibility index (Phi) is 5.05. The van der Waals surface area contributed by atoms with Gasteiger partial charge in [0.15, 0.2) is 0 Å². The molecule has 146 valence electrons. The standard InChI is InChI=1S/C21H16ClN3O4/c1-28-14-8-6-13(7-9-14)12-25-20(19(21(26)27)23-24-25)29-18-11-10-17(22)15-4-2-3-5-16(15)18/h2-11H,12H2,1H3,(H,26,27). The molecule has 8 heteroatoms. The summed E-state index contributed by atoms with van der Waals surface area (Å²) in [5, 5.41) is 19.4. The quantitative estimate of drug-likeness (QED) is 0.499. The van der Waals surface area contributed by atoms with Crippen LogP contribution in [0.3, 0.4) is 0 Å². The number of ether oxygens (including phenoxy) is 2. The summed E-state index contributed by atoms with van der Waals surface area (Å²) >= 11 is 6.27. The average molecular weight is 410 g/mol. The Balaban J connectivity index is 1.74. The highest BCUT2D eigenvalue weighted by Crippen LogP contribution is 2.35. The number of halogens is 1. The van der Waals surface area contributed by atoms with Gasteiger partial charge in [0, 0.05) is 15.8 Å². The van der Waals surface area contributed by atoms with Gasteiger partial charge in [-0.25, -0.2) is 9.48 Å². The molecular formula is C21H16ClN3O4. The molecule has 4 aromatic rings. The first-order valence-electron chi connectivity index (χ1n) is 8.71. The fourth-order valence-corrected chi connectivity index (χ4v) is 3.20. The van der Waals surface area contributed by atoms with E-state index in [4.69, 9.17) is 21.1 Å². The van der Waals surface area contributed by atoms with Crippen LogP contribution in [-0.4, -0.2) is 33.2 Å². The molecular weight excluding hydrogens is 394 g/mol. The maximum atomic E-state index is 11.6. The molecule has 0 aliphatic heterocycles. The third-order valence-corrected chi connectivity index (χ3v) is 4.75. The Labute approximate surface area is 171 Å². The Morgan fingerprint density at radius 3 is 2.48 bits per heavy atom. The van der Waals surface area contributed by atoms with Crippen LogP contribution in [0.25, 0.3) is 10.8 Å². The molecule has 0 spiro atoms. The van der Waals surface area contributed by atoms with Crippen LogP contribution in [0.1, 0.15) is 16.1 Å². The van der Waals surface area contributed by atoms with Crippen LogP contribution in [0.4, 0.5) is 0 Å². The van der Waals surface area contributed by atoms with E-state index in [-0.39, 0.29) is 18.1 Å². The van der Waals surface area contributed by atoms with Crippen LogP contribution in [0.2, 0.25) is 5.02 Å². The molecule has 3 aromatic carbocycles. The van der Waals surface area contributed by atoms with Crippen LogP contribution in [0, 0.1) is 0 Å². The third kappa shape index (κ3) is 3.72. The normalized spacial score (nSPS) is 10.8. The summed E-state index contributed by atoms with van der Waals surface area (Å²) in [5.41, 5.74) is 0.621. The van der Waals surface area contributed by atoms with E-state index < -0.39 is 5.97 Å². The molecule has 0 atom stereocenters. The van der Waals surface area contributed by atoms with Gasteiger partial charge in [-0.1, -0.05) is 53.2 Å². The maximum Gasteiger partial charge on any atom is 0.362 e. The number of hydrogen-bond acceptors (Lipinski definition) is 5. The highest BCUT2D eigenvalue weighted by molar-refractivity contribution is 6.35. The number of fused-ring (bicyclic) bond motifs is 1. The minimum absolute atomic E-state index is 0.0424. The van der Waals surface area contributed by atoms with Crippen LogP contribution in [0.15, 0.2) is 60.7 Å². The molecule has 4 rings (SSSR count). The fraction of sp³-hybridized carbons (Fsp3) is 0.0952. The topological polar surface area (TPSA) is 86.5 Å².